The van der Waals surface area contributed by atoms with Crippen LogP contribution in [0, 0.1) is 0 Å². The molecule has 2 heterocycles. The van der Waals surface area contributed by atoms with Gasteiger partial charge in [0.05, 0.1) is 0 Å². The molecule has 1 aromatic heterocycles. The molecule has 2 aromatic rings. The standard InChI is InChI=1S/C11H5NO5/c13-8-4-5-9(14)16-11-10-6(15-8)2-1-3-7(10)17-12-11/h1-5H/b5-4-. The number of hydrogen-bond donors (Lipinski definition) is 0. The van der Waals surface area contributed by atoms with E-state index in [-0.39, 0.29) is 11.6 Å². The normalized spacial score (nSPS) is 16.7. The van der Waals surface area contributed by atoms with Crippen LogP contribution in [0.15, 0.2) is 34.9 Å². The van der Waals surface area contributed by atoms with E-state index in [0.717, 1.165) is 12.2 Å². The van der Waals surface area contributed by atoms with Crippen molar-refractivity contribution in [2.75, 3.05) is 0 Å². The maximum absolute atomic E-state index is 11.3. The van der Waals surface area contributed by atoms with Crippen LogP contribution in [0.1, 0.15) is 0 Å². The Labute approximate surface area is 94.4 Å². The van der Waals surface area contributed by atoms with Gasteiger partial charge in [-0.2, -0.15) is 0 Å². The average molecular weight is 231 g/mol. The lowest BCUT2D eigenvalue weighted by molar-refractivity contribution is -0.131. The topological polar surface area (TPSA) is 78.6 Å². The van der Waals surface area contributed by atoms with Crippen LogP contribution in [0.2, 0.25) is 0 Å². The Hall–Kier alpha value is -2.63. The summed E-state index contributed by atoms with van der Waals surface area (Å²) in [6.45, 7) is 0. The van der Waals surface area contributed by atoms with E-state index in [2.05, 4.69) is 5.16 Å². The van der Waals surface area contributed by atoms with Gasteiger partial charge in [-0.3, -0.25) is 0 Å². The van der Waals surface area contributed by atoms with Gasteiger partial charge in [0.15, 0.2) is 5.58 Å². The van der Waals surface area contributed by atoms with E-state index in [4.69, 9.17) is 14.0 Å². The zero-order valence-electron chi connectivity index (χ0n) is 8.38. The summed E-state index contributed by atoms with van der Waals surface area (Å²) in [5.74, 6) is -1.15. The van der Waals surface area contributed by atoms with Crippen molar-refractivity contribution in [3.8, 4) is 11.6 Å². The summed E-state index contributed by atoms with van der Waals surface area (Å²) < 4.78 is 14.9. The molecule has 0 radical (unpaired) electrons. The lowest BCUT2D eigenvalue weighted by Gasteiger charge is -2.01. The number of carbonyl (C=O) groups excluding carboxylic acids is 2. The molecule has 0 amide bonds. The van der Waals surface area contributed by atoms with Gasteiger partial charge in [-0.1, -0.05) is 6.07 Å². The molecular formula is C11H5NO5. The minimum absolute atomic E-state index is 0.0139. The molecule has 0 atom stereocenters. The van der Waals surface area contributed by atoms with Crippen molar-refractivity contribution < 1.29 is 23.6 Å². The first-order valence-electron chi connectivity index (χ1n) is 4.74. The summed E-state index contributed by atoms with van der Waals surface area (Å²) in [4.78, 5) is 22.6. The summed E-state index contributed by atoms with van der Waals surface area (Å²) in [6, 6.07) is 4.83. The van der Waals surface area contributed by atoms with Crippen LogP contribution in [-0.4, -0.2) is 17.1 Å². The maximum atomic E-state index is 11.3. The molecule has 1 aromatic carbocycles. The van der Waals surface area contributed by atoms with Crippen molar-refractivity contribution >= 4 is 22.9 Å². The number of benzene rings is 1. The molecule has 3 rings (SSSR count). The number of hydrogen-bond acceptors (Lipinski definition) is 6. The monoisotopic (exact) mass is 231 g/mol. The number of esters is 2. The number of aromatic nitrogens is 1. The van der Waals surface area contributed by atoms with Gasteiger partial charge in [0.2, 0.25) is 0 Å². The van der Waals surface area contributed by atoms with E-state index in [1.807, 2.05) is 0 Å². The van der Waals surface area contributed by atoms with E-state index in [0.29, 0.717) is 11.0 Å². The second kappa shape index (κ2) is 3.44. The molecule has 0 N–H and O–H groups in total. The van der Waals surface area contributed by atoms with Crippen molar-refractivity contribution in [1.29, 1.82) is 0 Å². The van der Waals surface area contributed by atoms with Crippen LogP contribution < -0.4 is 9.47 Å². The minimum atomic E-state index is -0.714. The van der Waals surface area contributed by atoms with Gasteiger partial charge >= 0.3 is 11.9 Å². The van der Waals surface area contributed by atoms with Crippen LogP contribution >= 0.6 is 0 Å². The maximum Gasteiger partial charge on any atom is 0.337 e. The van der Waals surface area contributed by atoms with Gasteiger partial charge in [-0.05, 0) is 17.3 Å². The first-order valence-corrected chi connectivity index (χ1v) is 4.74. The smallest absolute Gasteiger partial charge is 0.337 e. The molecule has 1 aliphatic heterocycles. The number of carbonyl (C=O) groups is 2. The quantitative estimate of drug-likeness (QED) is 0.500. The predicted octanol–water partition coefficient (Wildman–Crippen LogP) is 1.21. The van der Waals surface area contributed by atoms with Gasteiger partial charge in [0.25, 0.3) is 5.88 Å². The first-order chi connectivity index (χ1) is 8.24. The van der Waals surface area contributed by atoms with E-state index in [1.54, 1.807) is 18.2 Å². The van der Waals surface area contributed by atoms with Crippen LogP contribution in [0.25, 0.3) is 11.0 Å². The lowest BCUT2D eigenvalue weighted by atomic mass is 10.2. The van der Waals surface area contributed by atoms with Crippen LogP contribution in [0.3, 0.4) is 0 Å². The average Bonchev–Trinajstić information content (AvgIpc) is 2.72. The Morgan fingerprint density at radius 3 is 2.59 bits per heavy atom. The van der Waals surface area contributed by atoms with Gasteiger partial charge < -0.3 is 14.0 Å². The molecule has 17 heavy (non-hydrogen) atoms. The van der Waals surface area contributed by atoms with Crippen molar-refractivity contribution in [2.24, 2.45) is 0 Å². The van der Waals surface area contributed by atoms with Crippen molar-refractivity contribution in [1.82, 2.24) is 5.16 Å². The first kappa shape index (κ1) is 9.59. The summed E-state index contributed by atoms with van der Waals surface area (Å²) >= 11 is 0. The molecule has 0 saturated carbocycles. The van der Waals surface area contributed by atoms with Gasteiger partial charge in [-0.15, -0.1) is 0 Å². The van der Waals surface area contributed by atoms with Crippen molar-refractivity contribution in [2.45, 2.75) is 0 Å². The van der Waals surface area contributed by atoms with Gasteiger partial charge in [-0.25, -0.2) is 9.59 Å². The Balaban J connectivity index is 2.28. The summed E-state index contributed by atoms with van der Waals surface area (Å²) in [5.41, 5.74) is 0.375. The SMILES string of the molecule is O=C1/C=C\C(=O)Oc2noc3cccc(c23)O1. The van der Waals surface area contributed by atoms with Crippen molar-refractivity contribution in [3.63, 3.8) is 0 Å². The molecule has 0 unspecified atom stereocenters. The summed E-state index contributed by atoms with van der Waals surface area (Å²) in [7, 11) is 0. The number of nitrogens with zero attached hydrogens (tertiary/aromatic N) is 1. The van der Waals surface area contributed by atoms with Crippen molar-refractivity contribution in [3.05, 3.63) is 30.4 Å². The zero-order valence-corrected chi connectivity index (χ0v) is 8.38. The molecule has 0 aliphatic carbocycles. The van der Waals surface area contributed by atoms with E-state index in [1.165, 1.54) is 0 Å². The molecule has 6 heteroatoms. The second-order valence-electron chi connectivity index (χ2n) is 3.29. The van der Waals surface area contributed by atoms with E-state index >= 15 is 0 Å². The zero-order chi connectivity index (χ0) is 11.8. The fraction of sp³-hybridized carbons (Fsp3) is 0. The molecule has 0 fully saturated rings. The largest absolute Gasteiger partial charge is 0.422 e. The molecular weight excluding hydrogens is 226 g/mol. The van der Waals surface area contributed by atoms with Gasteiger partial charge in [0.1, 0.15) is 11.1 Å². The predicted molar refractivity (Wildman–Crippen MR) is 54.4 cm³/mol. The highest BCUT2D eigenvalue weighted by atomic mass is 16.6. The van der Waals surface area contributed by atoms with Crippen LogP contribution in [0.4, 0.5) is 0 Å². The second-order valence-corrected chi connectivity index (χ2v) is 3.29. The third-order valence-electron chi connectivity index (χ3n) is 2.19. The summed E-state index contributed by atoms with van der Waals surface area (Å²) in [6.07, 6.45) is 1.96. The Bertz CT molecular complexity index is 655. The fourth-order valence-corrected chi connectivity index (χ4v) is 1.50. The number of rotatable bonds is 0. The molecule has 0 saturated heterocycles. The molecule has 1 aliphatic rings. The third-order valence-corrected chi connectivity index (χ3v) is 2.19. The fourth-order valence-electron chi connectivity index (χ4n) is 1.50. The third kappa shape index (κ3) is 1.55. The van der Waals surface area contributed by atoms with Crippen LogP contribution in [-0.2, 0) is 9.59 Å². The van der Waals surface area contributed by atoms with E-state index in [9.17, 15) is 9.59 Å². The highest BCUT2D eigenvalue weighted by molar-refractivity contribution is 5.99. The lowest BCUT2D eigenvalue weighted by Crippen LogP contribution is -2.06. The number of ether oxygens (including phenoxy) is 2. The molecule has 84 valence electrons. The Kier molecular flexibility index (Phi) is 1.94. The minimum Gasteiger partial charge on any atom is -0.422 e. The highest BCUT2D eigenvalue weighted by Crippen LogP contribution is 2.34. The molecule has 6 nitrogen and oxygen atoms in total. The molecule has 0 spiro atoms. The highest BCUT2D eigenvalue weighted by Gasteiger charge is 2.20. The van der Waals surface area contributed by atoms with Crippen LogP contribution in [0.5, 0.6) is 11.6 Å². The van der Waals surface area contributed by atoms with Gasteiger partial charge in [0, 0.05) is 12.2 Å². The van der Waals surface area contributed by atoms with E-state index < -0.39 is 11.9 Å². The Morgan fingerprint density at radius 2 is 1.76 bits per heavy atom. The Morgan fingerprint density at radius 1 is 1.00 bits per heavy atom. The summed E-state index contributed by atoms with van der Waals surface area (Å²) in [5, 5.41) is 3.96. The molecule has 0 bridgehead atoms.